The topological polar surface area (TPSA) is 71.1 Å². The molecule has 0 N–H and O–H groups in total. The van der Waals surface area contributed by atoms with Crippen LogP contribution >= 0.6 is 0 Å². The van der Waals surface area contributed by atoms with Gasteiger partial charge in [0.25, 0.3) is 0 Å². The number of carbonyl (C=O) groups excluding carboxylic acids is 2. The van der Waals surface area contributed by atoms with Crippen molar-refractivity contribution in [3.63, 3.8) is 0 Å². The highest BCUT2D eigenvalue weighted by molar-refractivity contribution is 5.85. The number of hydrogen-bond donors (Lipinski definition) is 0. The Kier molecular flexibility index (Phi) is 9.18. The van der Waals surface area contributed by atoms with Gasteiger partial charge in [-0.3, -0.25) is 0 Å². The molecule has 0 aliphatic heterocycles. The SMILES string of the molecule is CCOC(=O)C(OCc1ccccc1)C(OCc1ccccc1)C(=O)OCC. The van der Waals surface area contributed by atoms with Gasteiger partial charge in [0.1, 0.15) is 0 Å². The average molecular weight is 386 g/mol. The van der Waals surface area contributed by atoms with Crippen LogP contribution in [0.25, 0.3) is 0 Å². The Labute approximate surface area is 165 Å². The minimum Gasteiger partial charge on any atom is -0.464 e. The molecule has 28 heavy (non-hydrogen) atoms. The number of hydrogen-bond acceptors (Lipinski definition) is 6. The smallest absolute Gasteiger partial charge is 0.338 e. The Hall–Kier alpha value is -2.70. The molecule has 150 valence electrons. The van der Waals surface area contributed by atoms with E-state index < -0.39 is 24.1 Å². The summed E-state index contributed by atoms with van der Waals surface area (Å²) in [5, 5.41) is 0. The van der Waals surface area contributed by atoms with E-state index >= 15 is 0 Å². The first kappa shape index (κ1) is 21.6. The maximum Gasteiger partial charge on any atom is 0.338 e. The highest BCUT2D eigenvalue weighted by atomic mass is 16.6. The molecule has 2 aromatic carbocycles. The minimum atomic E-state index is -1.23. The zero-order valence-corrected chi connectivity index (χ0v) is 16.2. The normalized spacial score (nSPS) is 12.8. The zero-order valence-electron chi connectivity index (χ0n) is 16.2. The lowest BCUT2D eigenvalue weighted by molar-refractivity contribution is -0.185. The summed E-state index contributed by atoms with van der Waals surface area (Å²) in [6, 6.07) is 18.7. The molecule has 2 aromatic rings. The molecule has 2 atom stereocenters. The second-order valence-corrected chi connectivity index (χ2v) is 5.94. The third kappa shape index (κ3) is 6.79. The van der Waals surface area contributed by atoms with Gasteiger partial charge >= 0.3 is 11.9 Å². The summed E-state index contributed by atoms with van der Waals surface area (Å²) in [6.45, 7) is 3.98. The highest BCUT2D eigenvalue weighted by Gasteiger charge is 2.38. The molecule has 0 heterocycles. The van der Waals surface area contributed by atoms with E-state index in [2.05, 4.69) is 0 Å². The van der Waals surface area contributed by atoms with Crippen molar-refractivity contribution in [1.82, 2.24) is 0 Å². The third-order valence-corrected chi connectivity index (χ3v) is 3.86. The van der Waals surface area contributed by atoms with E-state index in [1.54, 1.807) is 13.8 Å². The van der Waals surface area contributed by atoms with Crippen molar-refractivity contribution in [3.05, 3.63) is 71.8 Å². The first-order valence-electron chi connectivity index (χ1n) is 9.30. The molecular weight excluding hydrogens is 360 g/mol. The van der Waals surface area contributed by atoms with E-state index in [9.17, 15) is 9.59 Å². The van der Waals surface area contributed by atoms with Crippen molar-refractivity contribution in [3.8, 4) is 0 Å². The Bertz CT molecular complexity index is 653. The van der Waals surface area contributed by atoms with Gasteiger partial charge in [0.2, 0.25) is 0 Å². The zero-order chi connectivity index (χ0) is 20.2. The quantitative estimate of drug-likeness (QED) is 0.552. The van der Waals surface area contributed by atoms with Crippen molar-refractivity contribution in [2.75, 3.05) is 13.2 Å². The van der Waals surface area contributed by atoms with Crippen molar-refractivity contribution >= 4 is 11.9 Å². The van der Waals surface area contributed by atoms with Crippen molar-refractivity contribution in [2.45, 2.75) is 39.3 Å². The van der Waals surface area contributed by atoms with Gasteiger partial charge in [0.15, 0.2) is 12.2 Å². The van der Waals surface area contributed by atoms with Gasteiger partial charge in [0, 0.05) is 0 Å². The molecule has 6 nitrogen and oxygen atoms in total. The Balaban J connectivity index is 2.17. The lowest BCUT2D eigenvalue weighted by Crippen LogP contribution is -2.45. The summed E-state index contributed by atoms with van der Waals surface area (Å²) in [5.74, 6) is -1.32. The van der Waals surface area contributed by atoms with Crippen LogP contribution in [-0.4, -0.2) is 37.4 Å². The van der Waals surface area contributed by atoms with Crippen LogP contribution in [0.1, 0.15) is 25.0 Å². The predicted molar refractivity (Wildman–Crippen MR) is 103 cm³/mol. The van der Waals surface area contributed by atoms with Crippen LogP contribution in [0.2, 0.25) is 0 Å². The van der Waals surface area contributed by atoms with Gasteiger partial charge in [0.05, 0.1) is 26.4 Å². The van der Waals surface area contributed by atoms with Crippen LogP contribution in [0.15, 0.2) is 60.7 Å². The van der Waals surface area contributed by atoms with E-state index in [1.807, 2.05) is 60.7 Å². The van der Waals surface area contributed by atoms with E-state index in [0.29, 0.717) is 0 Å². The van der Waals surface area contributed by atoms with Crippen LogP contribution in [0.4, 0.5) is 0 Å². The summed E-state index contributed by atoms with van der Waals surface area (Å²) < 4.78 is 21.7. The van der Waals surface area contributed by atoms with Gasteiger partial charge in [-0.05, 0) is 25.0 Å². The number of ether oxygens (including phenoxy) is 4. The predicted octanol–water partition coefficient (Wildman–Crippen LogP) is 3.28. The lowest BCUT2D eigenvalue weighted by atomic mass is 10.1. The highest BCUT2D eigenvalue weighted by Crippen LogP contribution is 2.15. The maximum atomic E-state index is 12.5. The van der Waals surface area contributed by atoms with Crippen molar-refractivity contribution < 1.29 is 28.5 Å². The molecule has 0 bridgehead atoms. The molecule has 2 unspecified atom stereocenters. The van der Waals surface area contributed by atoms with E-state index in [0.717, 1.165) is 11.1 Å². The fourth-order valence-corrected chi connectivity index (χ4v) is 2.53. The fraction of sp³-hybridized carbons (Fsp3) is 0.364. The first-order valence-corrected chi connectivity index (χ1v) is 9.30. The van der Waals surface area contributed by atoms with E-state index in [4.69, 9.17) is 18.9 Å². The summed E-state index contributed by atoms with van der Waals surface area (Å²) >= 11 is 0. The van der Waals surface area contributed by atoms with Gasteiger partial charge in [-0.15, -0.1) is 0 Å². The second kappa shape index (κ2) is 11.9. The Morgan fingerprint density at radius 3 is 1.36 bits per heavy atom. The average Bonchev–Trinajstić information content (AvgIpc) is 2.72. The Morgan fingerprint density at radius 1 is 0.679 bits per heavy atom. The summed E-state index contributed by atoms with van der Waals surface area (Å²) in [5.41, 5.74) is 1.73. The lowest BCUT2D eigenvalue weighted by Gasteiger charge is -2.24. The summed E-state index contributed by atoms with van der Waals surface area (Å²) in [7, 11) is 0. The molecule has 0 radical (unpaired) electrons. The van der Waals surface area contributed by atoms with E-state index in [1.165, 1.54) is 0 Å². The van der Waals surface area contributed by atoms with Crippen LogP contribution in [0.3, 0.4) is 0 Å². The molecule has 2 rings (SSSR count). The molecule has 0 fully saturated rings. The van der Waals surface area contributed by atoms with Crippen LogP contribution in [-0.2, 0) is 41.8 Å². The monoisotopic (exact) mass is 386 g/mol. The largest absolute Gasteiger partial charge is 0.464 e. The van der Waals surface area contributed by atoms with Crippen molar-refractivity contribution in [1.29, 1.82) is 0 Å². The van der Waals surface area contributed by atoms with Crippen molar-refractivity contribution in [2.24, 2.45) is 0 Å². The molecule has 0 aromatic heterocycles. The van der Waals surface area contributed by atoms with Gasteiger partial charge in [-0.1, -0.05) is 60.7 Å². The van der Waals surface area contributed by atoms with Crippen LogP contribution < -0.4 is 0 Å². The molecule has 6 heteroatoms. The first-order chi connectivity index (χ1) is 13.7. The minimum absolute atomic E-state index is 0.134. The van der Waals surface area contributed by atoms with Crippen LogP contribution in [0.5, 0.6) is 0 Å². The number of carbonyl (C=O) groups is 2. The van der Waals surface area contributed by atoms with Gasteiger partial charge in [-0.25, -0.2) is 9.59 Å². The fourth-order valence-electron chi connectivity index (χ4n) is 2.53. The van der Waals surface area contributed by atoms with E-state index in [-0.39, 0.29) is 26.4 Å². The Morgan fingerprint density at radius 2 is 1.04 bits per heavy atom. The second-order valence-electron chi connectivity index (χ2n) is 5.94. The maximum absolute atomic E-state index is 12.5. The number of benzene rings is 2. The number of esters is 2. The molecule has 0 amide bonds. The standard InChI is InChI=1S/C22H26O6/c1-3-25-21(23)19(27-15-17-11-7-5-8-12-17)20(22(24)26-4-2)28-16-18-13-9-6-10-14-18/h5-14,19-20H,3-4,15-16H2,1-2H3. The molecule has 0 aliphatic carbocycles. The summed E-state index contributed by atoms with van der Waals surface area (Å²) in [6.07, 6.45) is -2.47. The van der Waals surface area contributed by atoms with Gasteiger partial charge < -0.3 is 18.9 Å². The number of rotatable bonds is 11. The molecule has 0 aliphatic rings. The summed E-state index contributed by atoms with van der Waals surface area (Å²) in [4.78, 5) is 25.0. The molecule has 0 saturated carbocycles. The molecule has 0 saturated heterocycles. The van der Waals surface area contributed by atoms with Crippen LogP contribution in [0, 0.1) is 0 Å². The van der Waals surface area contributed by atoms with Gasteiger partial charge in [-0.2, -0.15) is 0 Å². The molecular formula is C22H26O6. The molecule has 0 spiro atoms. The third-order valence-electron chi connectivity index (χ3n) is 3.86.